The Morgan fingerprint density at radius 3 is 2.29 bits per heavy atom. The summed E-state index contributed by atoms with van der Waals surface area (Å²) in [5.41, 5.74) is 2.77. The number of anilines is 1. The lowest BCUT2D eigenvalue weighted by Crippen LogP contribution is -2.46. The van der Waals surface area contributed by atoms with E-state index in [-0.39, 0.29) is 23.8 Å². The van der Waals surface area contributed by atoms with Crippen LogP contribution in [-0.2, 0) is 4.79 Å². The van der Waals surface area contributed by atoms with Crippen molar-refractivity contribution in [1.82, 2.24) is 10.6 Å². The highest BCUT2D eigenvalue weighted by Crippen LogP contribution is 2.25. The Labute approximate surface area is 186 Å². The van der Waals surface area contributed by atoms with Crippen LogP contribution in [0.5, 0.6) is 0 Å². The number of hydrogen-bond acceptors (Lipinski definition) is 3. The lowest BCUT2D eigenvalue weighted by atomic mass is 9.94. The maximum atomic E-state index is 12.9. The number of benzene rings is 2. The Balaban J connectivity index is 1.59. The molecular formula is C26H35N3O2. The van der Waals surface area contributed by atoms with Crippen LogP contribution < -0.4 is 15.5 Å². The Morgan fingerprint density at radius 1 is 1.00 bits per heavy atom. The molecule has 0 aliphatic carbocycles. The van der Waals surface area contributed by atoms with Gasteiger partial charge in [0.2, 0.25) is 5.91 Å². The Kier molecular flexibility index (Phi) is 8.10. The molecule has 5 nitrogen and oxygen atoms in total. The highest BCUT2D eigenvalue weighted by molar-refractivity contribution is 5.99. The summed E-state index contributed by atoms with van der Waals surface area (Å²) in [5, 5.41) is 6.29. The first kappa shape index (κ1) is 22.9. The molecule has 0 aromatic heterocycles. The van der Waals surface area contributed by atoms with Gasteiger partial charge in [-0.3, -0.25) is 9.59 Å². The Hall–Kier alpha value is -2.82. The minimum absolute atomic E-state index is 0.0200. The average Bonchev–Trinajstić information content (AvgIpc) is 2.79. The van der Waals surface area contributed by atoms with Gasteiger partial charge >= 0.3 is 0 Å². The molecule has 2 amide bonds. The summed E-state index contributed by atoms with van der Waals surface area (Å²) in [6, 6.07) is 18.0. The van der Waals surface area contributed by atoms with Gasteiger partial charge < -0.3 is 15.5 Å². The maximum Gasteiger partial charge on any atom is 0.253 e. The zero-order valence-electron chi connectivity index (χ0n) is 18.9. The van der Waals surface area contributed by atoms with Crippen molar-refractivity contribution in [1.29, 1.82) is 0 Å². The number of para-hydroxylation sites is 1. The van der Waals surface area contributed by atoms with Crippen molar-refractivity contribution in [3.05, 3.63) is 65.7 Å². The summed E-state index contributed by atoms with van der Waals surface area (Å²) in [6.45, 7) is 8.55. The first-order valence-electron chi connectivity index (χ1n) is 11.5. The molecule has 0 saturated carbocycles. The molecule has 0 bridgehead atoms. The molecule has 1 aliphatic rings. The van der Waals surface area contributed by atoms with E-state index in [0.717, 1.165) is 49.2 Å². The summed E-state index contributed by atoms with van der Waals surface area (Å²) in [5.74, 6) is 0.400. The molecule has 166 valence electrons. The molecule has 31 heavy (non-hydrogen) atoms. The smallest absolute Gasteiger partial charge is 0.253 e. The third kappa shape index (κ3) is 6.09. The van der Waals surface area contributed by atoms with E-state index in [2.05, 4.69) is 36.3 Å². The average molecular weight is 422 g/mol. The number of carbonyl (C=O) groups excluding carboxylic acids is 2. The van der Waals surface area contributed by atoms with Crippen molar-refractivity contribution in [2.45, 2.75) is 52.0 Å². The third-order valence-electron chi connectivity index (χ3n) is 5.93. The van der Waals surface area contributed by atoms with E-state index in [0.29, 0.717) is 12.5 Å². The van der Waals surface area contributed by atoms with E-state index < -0.39 is 0 Å². The fourth-order valence-corrected chi connectivity index (χ4v) is 4.16. The summed E-state index contributed by atoms with van der Waals surface area (Å²) in [7, 11) is 0. The maximum absolute atomic E-state index is 12.9. The topological polar surface area (TPSA) is 61.4 Å². The van der Waals surface area contributed by atoms with Gasteiger partial charge in [-0.25, -0.2) is 0 Å². The van der Waals surface area contributed by atoms with Gasteiger partial charge in [-0.2, -0.15) is 0 Å². The second-order valence-corrected chi connectivity index (χ2v) is 8.76. The van der Waals surface area contributed by atoms with Crippen LogP contribution in [0.3, 0.4) is 0 Å². The van der Waals surface area contributed by atoms with Gasteiger partial charge in [0.15, 0.2) is 0 Å². The van der Waals surface area contributed by atoms with E-state index in [1.165, 1.54) is 0 Å². The van der Waals surface area contributed by atoms with E-state index in [1.807, 2.05) is 54.6 Å². The fourth-order valence-electron chi connectivity index (χ4n) is 4.16. The zero-order valence-corrected chi connectivity index (χ0v) is 18.9. The molecule has 0 spiro atoms. The van der Waals surface area contributed by atoms with Crippen molar-refractivity contribution in [3.63, 3.8) is 0 Å². The highest BCUT2D eigenvalue weighted by Gasteiger charge is 2.26. The molecule has 1 atom stereocenters. The number of amides is 2. The standard InChI is InChI=1S/C26H35N3O2/c1-4-22(20-10-6-5-7-11-20)26(31)28-21-14-16-29(17-15-21)24-13-9-8-12-23(24)25(30)27-18-19(2)3/h5-13,19,21-22H,4,14-18H2,1-3H3,(H,27,30)(H,28,31)/t22-/m0/s1. The van der Waals surface area contributed by atoms with E-state index in [9.17, 15) is 9.59 Å². The minimum atomic E-state index is -0.107. The lowest BCUT2D eigenvalue weighted by molar-refractivity contribution is -0.123. The van der Waals surface area contributed by atoms with Crippen LogP contribution in [-0.4, -0.2) is 37.5 Å². The van der Waals surface area contributed by atoms with Gasteiger partial charge in [-0.15, -0.1) is 0 Å². The van der Waals surface area contributed by atoms with Gasteiger partial charge in [-0.05, 0) is 42.9 Å². The lowest BCUT2D eigenvalue weighted by Gasteiger charge is -2.35. The van der Waals surface area contributed by atoms with Crippen LogP contribution >= 0.6 is 0 Å². The van der Waals surface area contributed by atoms with E-state index in [4.69, 9.17) is 0 Å². The SMILES string of the molecule is CC[C@H](C(=O)NC1CCN(c2ccccc2C(=O)NCC(C)C)CC1)c1ccccc1. The molecule has 2 aromatic rings. The molecular weight excluding hydrogens is 386 g/mol. The van der Waals surface area contributed by atoms with Crippen LogP contribution in [0.25, 0.3) is 0 Å². The largest absolute Gasteiger partial charge is 0.371 e. The Morgan fingerprint density at radius 2 is 1.65 bits per heavy atom. The highest BCUT2D eigenvalue weighted by atomic mass is 16.2. The molecule has 3 rings (SSSR count). The number of hydrogen-bond donors (Lipinski definition) is 2. The van der Waals surface area contributed by atoms with Crippen LogP contribution in [0.2, 0.25) is 0 Å². The molecule has 5 heteroatoms. The molecule has 0 unspecified atom stereocenters. The molecule has 2 aromatic carbocycles. The van der Waals surface area contributed by atoms with Crippen molar-refractivity contribution < 1.29 is 9.59 Å². The number of carbonyl (C=O) groups is 2. The molecule has 1 aliphatic heterocycles. The molecule has 1 saturated heterocycles. The van der Waals surface area contributed by atoms with Gasteiger partial charge in [0.05, 0.1) is 11.5 Å². The fraction of sp³-hybridized carbons (Fsp3) is 0.462. The van der Waals surface area contributed by atoms with E-state index >= 15 is 0 Å². The second-order valence-electron chi connectivity index (χ2n) is 8.76. The number of piperidine rings is 1. The van der Waals surface area contributed by atoms with Gasteiger partial charge in [0, 0.05) is 31.4 Å². The summed E-state index contributed by atoms with van der Waals surface area (Å²) >= 11 is 0. The zero-order chi connectivity index (χ0) is 22.2. The first-order chi connectivity index (χ1) is 15.0. The number of nitrogens with zero attached hydrogens (tertiary/aromatic N) is 1. The monoisotopic (exact) mass is 421 g/mol. The van der Waals surface area contributed by atoms with E-state index in [1.54, 1.807) is 0 Å². The quantitative estimate of drug-likeness (QED) is 0.666. The van der Waals surface area contributed by atoms with Gasteiger partial charge in [0.1, 0.15) is 0 Å². The number of rotatable bonds is 8. The van der Waals surface area contributed by atoms with Crippen LogP contribution in [0.15, 0.2) is 54.6 Å². The van der Waals surface area contributed by atoms with Gasteiger partial charge in [-0.1, -0.05) is 63.2 Å². The normalized spacial score (nSPS) is 15.5. The van der Waals surface area contributed by atoms with Crippen LogP contribution in [0.1, 0.15) is 61.9 Å². The van der Waals surface area contributed by atoms with Crippen molar-refractivity contribution >= 4 is 17.5 Å². The molecule has 0 radical (unpaired) electrons. The van der Waals surface area contributed by atoms with Crippen LogP contribution in [0, 0.1) is 5.92 Å². The third-order valence-corrected chi connectivity index (χ3v) is 5.93. The predicted octanol–water partition coefficient (Wildman–Crippen LogP) is 4.35. The van der Waals surface area contributed by atoms with Gasteiger partial charge in [0.25, 0.3) is 5.91 Å². The Bertz CT molecular complexity index is 858. The van der Waals surface area contributed by atoms with Crippen molar-refractivity contribution in [2.75, 3.05) is 24.5 Å². The minimum Gasteiger partial charge on any atom is -0.371 e. The number of nitrogens with one attached hydrogen (secondary N) is 2. The summed E-state index contributed by atoms with van der Waals surface area (Å²) in [4.78, 5) is 27.8. The first-order valence-corrected chi connectivity index (χ1v) is 11.5. The molecule has 1 fully saturated rings. The van der Waals surface area contributed by atoms with Crippen molar-refractivity contribution in [3.8, 4) is 0 Å². The van der Waals surface area contributed by atoms with Crippen molar-refractivity contribution in [2.24, 2.45) is 5.92 Å². The molecule has 2 N–H and O–H groups in total. The van der Waals surface area contributed by atoms with Crippen LogP contribution in [0.4, 0.5) is 5.69 Å². The molecule has 1 heterocycles. The summed E-state index contributed by atoms with van der Waals surface area (Å²) in [6.07, 6.45) is 2.53. The summed E-state index contributed by atoms with van der Waals surface area (Å²) < 4.78 is 0. The predicted molar refractivity (Wildman–Crippen MR) is 126 cm³/mol. The second kappa shape index (κ2) is 11.0.